The molecule has 0 saturated carbocycles. The largest absolute Gasteiger partial charge is 0.298 e. The van der Waals surface area contributed by atoms with Crippen LogP contribution in [0.4, 0.5) is 0 Å². The SMILES string of the molecule is CCC(C)N1CCN(S(C)(=O)=O)C(C)(C)C1. The van der Waals surface area contributed by atoms with E-state index in [1.54, 1.807) is 4.31 Å². The molecule has 96 valence electrons. The van der Waals surface area contributed by atoms with Crippen LogP contribution in [0.1, 0.15) is 34.1 Å². The molecule has 4 nitrogen and oxygen atoms in total. The van der Waals surface area contributed by atoms with Crippen molar-refractivity contribution in [1.82, 2.24) is 9.21 Å². The van der Waals surface area contributed by atoms with E-state index in [2.05, 4.69) is 18.7 Å². The van der Waals surface area contributed by atoms with Crippen molar-refractivity contribution in [3.05, 3.63) is 0 Å². The molecule has 0 aromatic carbocycles. The van der Waals surface area contributed by atoms with E-state index in [1.807, 2.05) is 13.8 Å². The van der Waals surface area contributed by atoms with E-state index < -0.39 is 10.0 Å². The lowest BCUT2D eigenvalue weighted by molar-refractivity contribution is 0.0557. The summed E-state index contributed by atoms with van der Waals surface area (Å²) in [6, 6.07) is 0.529. The van der Waals surface area contributed by atoms with Crippen LogP contribution in [0.2, 0.25) is 0 Å². The number of hydrogen-bond acceptors (Lipinski definition) is 3. The maximum atomic E-state index is 11.7. The predicted octanol–water partition coefficient (Wildman–Crippen LogP) is 1.14. The van der Waals surface area contributed by atoms with Crippen molar-refractivity contribution in [1.29, 1.82) is 0 Å². The Morgan fingerprint density at radius 2 is 1.88 bits per heavy atom. The van der Waals surface area contributed by atoms with Gasteiger partial charge < -0.3 is 0 Å². The minimum absolute atomic E-state index is 0.296. The van der Waals surface area contributed by atoms with E-state index in [9.17, 15) is 8.42 Å². The number of sulfonamides is 1. The third-order valence-corrected chi connectivity index (χ3v) is 4.95. The molecule has 0 N–H and O–H groups in total. The first-order valence-corrected chi connectivity index (χ1v) is 7.75. The van der Waals surface area contributed by atoms with Crippen LogP contribution in [0.25, 0.3) is 0 Å². The van der Waals surface area contributed by atoms with Gasteiger partial charge in [-0.05, 0) is 27.2 Å². The zero-order chi connectivity index (χ0) is 12.6. The fourth-order valence-corrected chi connectivity index (χ4v) is 3.79. The highest BCUT2D eigenvalue weighted by atomic mass is 32.2. The first-order chi connectivity index (χ1) is 7.18. The molecule has 0 amide bonds. The molecule has 1 rings (SSSR count). The van der Waals surface area contributed by atoms with Crippen molar-refractivity contribution in [3.8, 4) is 0 Å². The lowest BCUT2D eigenvalue weighted by atomic mass is 10.0. The summed E-state index contributed by atoms with van der Waals surface area (Å²) in [7, 11) is -3.08. The summed E-state index contributed by atoms with van der Waals surface area (Å²) in [5.74, 6) is 0. The summed E-state index contributed by atoms with van der Waals surface area (Å²) >= 11 is 0. The molecular weight excluding hydrogens is 224 g/mol. The van der Waals surface area contributed by atoms with Gasteiger partial charge in [-0.15, -0.1) is 0 Å². The summed E-state index contributed by atoms with van der Waals surface area (Å²) in [4.78, 5) is 2.38. The Kier molecular flexibility index (Phi) is 4.03. The number of hydrogen-bond donors (Lipinski definition) is 0. The van der Waals surface area contributed by atoms with Crippen molar-refractivity contribution in [3.63, 3.8) is 0 Å². The first-order valence-electron chi connectivity index (χ1n) is 5.90. The van der Waals surface area contributed by atoms with Gasteiger partial charge in [0, 0.05) is 31.2 Å². The number of nitrogens with zero attached hydrogens (tertiary/aromatic N) is 2. The van der Waals surface area contributed by atoms with Crippen molar-refractivity contribution in [2.75, 3.05) is 25.9 Å². The van der Waals surface area contributed by atoms with E-state index in [-0.39, 0.29) is 5.54 Å². The highest BCUT2D eigenvalue weighted by Crippen LogP contribution is 2.25. The number of piperazine rings is 1. The number of rotatable bonds is 3. The van der Waals surface area contributed by atoms with E-state index >= 15 is 0 Å². The monoisotopic (exact) mass is 248 g/mol. The lowest BCUT2D eigenvalue weighted by Gasteiger charge is -2.47. The Labute approximate surface area is 99.7 Å². The van der Waals surface area contributed by atoms with Crippen LogP contribution < -0.4 is 0 Å². The van der Waals surface area contributed by atoms with Gasteiger partial charge in [0.25, 0.3) is 0 Å². The molecule has 1 aliphatic rings. The van der Waals surface area contributed by atoms with Crippen LogP contribution in [0, 0.1) is 0 Å². The minimum atomic E-state index is -3.08. The smallest absolute Gasteiger partial charge is 0.211 e. The van der Waals surface area contributed by atoms with Gasteiger partial charge in [-0.3, -0.25) is 4.90 Å². The van der Waals surface area contributed by atoms with Crippen molar-refractivity contribution >= 4 is 10.0 Å². The van der Waals surface area contributed by atoms with Crippen LogP contribution >= 0.6 is 0 Å². The molecule has 1 saturated heterocycles. The van der Waals surface area contributed by atoms with E-state index in [4.69, 9.17) is 0 Å². The molecule has 0 aliphatic carbocycles. The molecule has 0 aromatic rings. The third-order valence-electron chi connectivity index (χ3n) is 3.47. The molecule has 0 spiro atoms. The second-order valence-corrected chi connectivity index (χ2v) is 7.28. The zero-order valence-electron chi connectivity index (χ0n) is 11.0. The first kappa shape index (κ1) is 13.9. The summed E-state index contributed by atoms with van der Waals surface area (Å²) in [6.07, 6.45) is 2.41. The molecular formula is C11H24N2O2S. The Balaban J connectivity index is 2.81. The molecule has 0 bridgehead atoms. The average molecular weight is 248 g/mol. The third kappa shape index (κ3) is 2.96. The van der Waals surface area contributed by atoms with Crippen LogP contribution in [-0.4, -0.2) is 55.1 Å². The van der Waals surface area contributed by atoms with Gasteiger partial charge in [0.2, 0.25) is 10.0 Å². The molecule has 1 aliphatic heterocycles. The van der Waals surface area contributed by atoms with E-state index in [1.165, 1.54) is 6.26 Å². The minimum Gasteiger partial charge on any atom is -0.298 e. The van der Waals surface area contributed by atoms with Crippen molar-refractivity contribution < 1.29 is 8.42 Å². The molecule has 0 radical (unpaired) electrons. The van der Waals surface area contributed by atoms with Crippen molar-refractivity contribution in [2.24, 2.45) is 0 Å². The molecule has 16 heavy (non-hydrogen) atoms. The fraction of sp³-hybridized carbons (Fsp3) is 1.00. The predicted molar refractivity (Wildman–Crippen MR) is 67.0 cm³/mol. The van der Waals surface area contributed by atoms with E-state index in [0.29, 0.717) is 12.6 Å². The zero-order valence-corrected chi connectivity index (χ0v) is 11.8. The summed E-state index contributed by atoms with van der Waals surface area (Å²) in [6.45, 7) is 10.6. The summed E-state index contributed by atoms with van der Waals surface area (Å²) in [5.41, 5.74) is -0.296. The van der Waals surface area contributed by atoms with Crippen LogP contribution in [0.5, 0.6) is 0 Å². The summed E-state index contributed by atoms with van der Waals surface area (Å²) in [5, 5.41) is 0. The molecule has 5 heteroatoms. The second-order valence-electron chi connectivity index (χ2n) is 5.38. The normalized spacial score (nSPS) is 25.6. The van der Waals surface area contributed by atoms with Gasteiger partial charge in [0.05, 0.1) is 6.26 Å². The van der Waals surface area contributed by atoms with Gasteiger partial charge in [-0.1, -0.05) is 6.92 Å². The molecule has 1 fully saturated rings. The maximum Gasteiger partial charge on any atom is 0.211 e. The Morgan fingerprint density at radius 3 is 2.25 bits per heavy atom. The Hall–Kier alpha value is -0.130. The molecule has 1 atom stereocenters. The maximum absolute atomic E-state index is 11.7. The topological polar surface area (TPSA) is 40.6 Å². The van der Waals surface area contributed by atoms with Gasteiger partial charge in [-0.25, -0.2) is 8.42 Å². The molecule has 0 aromatic heterocycles. The second kappa shape index (κ2) is 4.63. The van der Waals surface area contributed by atoms with Gasteiger partial charge in [0.1, 0.15) is 0 Å². The quantitative estimate of drug-likeness (QED) is 0.752. The van der Waals surface area contributed by atoms with Gasteiger partial charge >= 0.3 is 0 Å². The Bertz CT molecular complexity index is 338. The molecule has 1 heterocycles. The highest BCUT2D eigenvalue weighted by molar-refractivity contribution is 7.88. The lowest BCUT2D eigenvalue weighted by Crippen LogP contribution is -2.62. The van der Waals surface area contributed by atoms with Crippen LogP contribution in [0.15, 0.2) is 0 Å². The average Bonchev–Trinajstić information content (AvgIpc) is 2.12. The van der Waals surface area contributed by atoms with Crippen molar-refractivity contribution in [2.45, 2.75) is 45.7 Å². The highest BCUT2D eigenvalue weighted by Gasteiger charge is 2.39. The van der Waals surface area contributed by atoms with Gasteiger partial charge in [0.15, 0.2) is 0 Å². The van der Waals surface area contributed by atoms with E-state index in [0.717, 1.165) is 19.5 Å². The van der Waals surface area contributed by atoms with Crippen LogP contribution in [0.3, 0.4) is 0 Å². The van der Waals surface area contributed by atoms with Gasteiger partial charge in [-0.2, -0.15) is 4.31 Å². The van der Waals surface area contributed by atoms with Crippen LogP contribution in [-0.2, 0) is 10.0 Å². The Morgan fingerprint density at radius 1 is 1.31 bits per heavy atom. The standard InChI is InChI=1S/C11H24N2O2S/c1-6-10(2)12-7-8-13(16(5,14)15)11(3,4)9-12/h10H,6-9H2,1-5H3. The molecule has 1 unspecified atom stereocenters. The summed E-state index contributed by atoms with van der Waals surface area (Å²) < 4.78 is 24.9. The fourth-order valence-electron chi connectivity index (χ4n) is 2.43.